The Kier molecular flexibility index (Phi) is 7.01. The average Bonchev–Trinajstić information content (AvgIpc) is 2.37. The minimum Gasteiger partial charge on any atom is -0.481 e. The van der Waals surface area contributed by atoms with Crippen molar-refractivity contribution in [3.05, 3.63) is 29.6 Å². The molecule has 20 heavy (non-hydrogen) atoms. The van der Waals surface area contributed by atoms with Gasteiger partial charge in [0.05, 0.1) is 0 Å². The molecule has 0 aliphatic carbocycles. The van der Waals surface area contributed by atoms with Crippen molar-refractivity contribution in [3.8, 4) is 5.75 Å². The van der Waals surface area contributed by atoms with Crippen LogP contribution < -0.4 is 15.8 Å². The highest BCUT2D eigenvalue weighted by molar-refractivity contribution is 5.77. The minimum atomic E-state index is -0.467. The molecule has 112 valence electrons. The second-order valence-corrected chi connectivity index (χ2v) is 5.12. The summed E-state index contributed by atoms with van der Waals surface area (Å²) in [6.07, 6.45) is 1.53. The van der Waals surface area contributed by atoms with Crippen LogP contribution in [0.25, 0.3) is 0 Å². The van der Waals surface area contributed by atoms with E-state index < -0.39 is 5.82 Å². The first kappa shape index (κ1) is 16.4. The molecule has 3 N–H and O–H groups in total. The fourth-order valence-corrected chi connectivity index (χ4v) is 1.68. The van der Waals surface area contributed by atoms with Gasteiger partial charge in [-0.2, -0.15) is 0 Å². The van der Waals surface area contributed by atoms with Crippen molar-refractivity contribution in [3.63, 3.8) is 0 Å². The van der Waals surface area contributed by atoms with Gasteiger partial charge in [-0.3, -0.25) is 4.79 Å². The van der Waals surface area contributed by atoms with Crippen LogP contribution in [-0.4, -0.2) is 25.6 Å². The van der Waals surface area contributed by atoms with Gasteiger partial charge in [0.15, 0.2) is 18.2 Å². The zero-order valence-electron chi connectivity index (χ0n) is 12.1. The van der Waals surface area contributed by atoms with E-state index in [4.69, 9.17) is 10.5 Å². The first-order valence-electron chi connectivity index (χ1n) is 6.91. The quantitative estimate of drug-likeness (QED) is 0.765. The summed E-state index contributed by atoms with van der Waals surface area (Å²) in [6, 6.07) is 4.67. The smallest absolute Gasteiger partial charge is 0.257 e. The van der Waals surface area contributed by atoms with Crippen molar-refractivity contribution in [2.45, 2.75) is 26.7 Å². The molecule has 0 fully saturated rings. The van der Waals surface area contributed by atoms with E-state index in [0.717, 1.165) is 12.0 Å². The van der Waals surface area contributed by atoms with Gasteiger partial charge in [0.2, 0.25) is 0 Å². The SMILES string of the molecule is CC(C)CCNC(=O)COc1ccc(CCN)cc1F. The predicted octanol–water partition coefficient (Wildman–Crippen LogP) is 1.87. The zero-order valence-corrected chi connectivity index (χ0v) is 12.1. The molecule has 1 amide bonds. The normalized spacial score (nSPS) is 10.7. The Morgan fingerprint density at radius 1 is 1.45 bits per heavy atom. The molecule has 5 heteroatoms. The summed E-state index contributed by atoms with van der Waals surface area (Å²) >= 11 is 0. The molecule has 4 nitrogen and oxygen atoms in total. The molecule has 0 aromatic heterocycles. The lowest BCUT2D eigenvalue weighted by Gasteiger charge is -2.10. The van der Waals surface area contributed by atoms with Crippen LogP contribution in [0, 0.1) is 11.7 Å². The summed E-state index contributed by atoms with van der Waals surface area (Å²) in [6.45, 7) is 5.07. The third-order valence-electron chi connectivity index (χ3n) is 2.83. The number of nitrogens with one attached hydrogen (secondary N) is 1. The average molecular weight is 282 g/mol. The summed E-state index contributed by atoms with van der Waals surface area (Å²) in [5.74, 6) is -0.0875. The third-order valence-corrected chi connectivity index (χ3v) is 2.83. The van der Waals surface area contributed by atoms with E-state index >= 15 is 0 Å². The Hall–Kier alpha value is -1.62. The van der Waals surface area contributed by atoms with E-state index in [-0.39, 0.29) is 18.3 Å². The van der Waals surface area contributed by atoms with Crippen molar-refractivity contribution in [1.82, 2.24) is 5.32 Å². The monoisotopic (exact) mass is 282 g/mol. The molecule has 0 radical (unpaired) electrons. The summed E-state index contributed by atoms with van der Waals surface area (Å²) in [5, 5.41) is 2.73. The molecule has 0 saturated carbocycles. The number of ether oxygens (including phenoxy) is 1. The number of amides is 1. The van der Waals surface area contributed by atoms with Gasteiger partial charge in [-0.05, 0) is 43.0 Å². The minimum absolute atomic E-state index is 0.0878. The molecule has 0 atom stereocenters. The van der Waals surface area contributed by atoms with Crippen molar-refractivity contribution >= 4 is 5.91 Å². The van der Waals surface area contributed by atoms with Gasteiger partial charge >= 0.3 is 0 Å². The van der Waals surface area contributed by atoms with Crippen LogP contribution in [-0.2, 0) is 11.2 Å². The second kappa shape index (κ2) is 8.53. The number of carbonyl (C=O) groups is 1. The summed E-state index contributed by atoms with van der Waals surface area (Å²) in [4.78, 5) is 11.5. The van der Waals surface area contributed by atoms with Gasteiger partial charge in [0.1, 0.15) is 0 Å². The lowest BCUT2D eigenvalue weighted by atomic mass is 10.1. The van der Waals surface area contributed by atoms with E-state index in [1.807, 2.05) is 0 Å². The molecule has 0 heterocycles. The van der Waals surface area contributed by atoms with Gasteiger partial charge in [-0.25, -0.2) is 4.39 Å². The second-order valence-electron chi connectivity index (χ2n) is 5.12. The number of carbonyl (C=O) groups excluding carboxylic acids is 1. The summed E-state index contributed by atoms with van der Waals surface area (Å²) < 4.78 is 18.9. The van der Waals surface area contributed by atoms with Crippen molar-refractivity contribution in [2.24, 2.45) is 11.7 Å². The maximum Gasteiger partial charge on any atom is 0.257 e. The molecule has 0 aliphatic heterocycles. The number of benzene rings is 1. The molecule has 0 spiro atoms. The van der Waals surface area contributed by atoms with Gasteiger partial charge in [0.25, 0.3) is 5.91 Å². The van der Waals surface area contributed by atoms with Crippen LogP contribution >= 0.6 is 0 Å². The standard InChI is InChI=1S/C15H23FN2O2/c1-11(2)6-8-18-15(19)10-20-14-4-3-12(5-7-17)9-13(14)16/h3-4,9,11H,5-8,10,17H2,1-2H3,(H,18,19). The number of hydrogen-bond acceptors (Lipinski definition) is 3. The zero-order chi connectivity index (χ0) is 15.0. The van der Waals surface area contributed by atoms with Crippen LogP contribution in [0.4, 0.5) is 4.39 Å². The largest absolute Gasteiger partial charge is 0.481 e. The number of halogens is 1. The Morgan fingerprint density at radius 3 is 2.80 bits per heavy atom. The number of hydrogen-bond donors (Lipinski definition) is 2. The van der Waals surface area contributed by atoms with Crippen molar-refractivity contribution in [2.75, 3.05) is 19.7 Å². The van der Waals surface area contributed by atoms with Crippen LogP contribution in [0.2, 0.25) is 0 Å². The maximum atomic E-state index is 13.7. The van der Waals surface area contributed by atoms with E-state index in [2.05, 4.69) is 19.2 Å². The number of rotatable bonds is 8. The Labute approximate surface area is 119 Å². The molecule has 0 saturated heterocycles. The first-order chi connectivity index (χ1) is 9.52. The van der Waals surface area contributed by atoms with Crippen LogP contribution in [0.1, 0.15) is 25.8 Å². The van der Waals surface area contributed by atoms with Crippen LogP contribution in [0.15, 0.2) is 18.2 Å². The van der Waals surface area contributed by atoms with Crippen molar-refractivity contribution < 1.29 is 13.9 Å². The molecule has 1 aromatic carbocycles. The molecule has 0 bridgehead atoms. The van der Waals surface area contributed by atoms with E-state index in [9.17, 15) is 9.18 Å². The Morgan fingerprint density at radius 2 is 2.20 bits per heavy atom. The Bertz CT molecular complexity index is 436. The van der Waals surface area contributed by atoms with Crippen LogP contribution in [0.3, 0.4) is 0 Å². The highest BCUT2D eigenvalue weighted by Crippen LogP contribution is 2.18. The lowest BCUT2D eigenvalue weighted by Crippen LogP contribution is -2.30. The fraction of sp³-hybridized carbons (Fsp3) is 0.533. The summed E-state index contributed by atoms with van der Waals surface area (Å²) in [7, 11) is 0. The Balaban J connectivity index is 2.39. The van der Waals surface area contributed by atoms with Crippen LogP contribution in [0.5, 0.6) is 5.75 Å². The highest BCUT2D eigenvalue weighted by atomic mass is 19.1. The predicted molar refractivity (Wildman–Crippen MR) is 77.1 cm³/mol. The highest BCUT2D eigenvalue weighted by Gasteiger charge is 2.07. The molecule has 1 rings (SSSR count). The molecule has 0 unspecified atom stereocenters. The lowest BCUT2D eigenvalue weighted by molar-refractivity contribution is -0.123. The molecular formula is C15H23FN2O2. The topological polar surface area (TPSA) is 64.3 Å². The van der Waals surface area contributed by atoms with E-state index in [0.29, 0.717) is 25.4 Å². The van der Waals surface area contributed by atoms with Gasteiger partial charge in [-0.1, -0.05) is 19.9 Å². The van der Waals surface area contributed by atoms with Gasteiger partial charge in [-0.15, -0.1) is 0 Å². The summed E-state index contributed by atoms with van der Waals surface area (Å²) in [5.41, 5.74) is 6.23. The van der Waals surface area contributed by atoms with E-state index in [1.165, 1.54) is 12.1 Å². The first-order valence-corrected chi connectivity index (χ1v) is 6.91. The molecule has 0 aliphatic rings. The molecule has 1 aromatic rings. The van der Waals surface area contributed by atoms with Gasteiger partial charge in [0, 0.05) is 6.54 Å². The molecular weight excluding hydrogens is 259 g/mol. The fourth-order valence-electron chi connectivity index (χ4n) is 1.68. The van der Waals surface area contributed by atoms with Gasteiger partial charge < -0.3 is 15.8 Å². The number of nitrogens with two attached hydrogens (primary N) is 1. The third kappa shape index (κ3) is 6.02. The van der Waals surface area contributed by atoms with E-state index in [1.54, 1.807) is 6.07 Å². The maximum absolute atomic E-state index is 13.7. The van der Waals surface area contributed by atoms with Crippen molar-refractivity contribution in [1.29, 1.82) is 0 Å².